The third kappa shape index (κ3) is 4.41. The smallest absolute Gasteiger partial charge is 0.165 e. The zero-order valence-electron chi connectivity index (χ0n) is 17.2. The van der Waals surface area contributed by atoms with Gasteiger partial charge in [-0.3, -0.25) is 4.90 Å². The molecule has 0 aliphatic carbocycles. The van der Waals surface area contributed by atoms with Crippen LogP contribution in [0.1, 0.15) is 44.6 Å². The molecule has 1 aromatic carbocycles. The van der Waals surface area contributed by atoms with Crippen molar-refractivity contribution in [2.75, 3.05) is 47.0 Å². The molecule has 0 radical (unpaired) electrons. The number of aliphatic hydroxyl groups is 1. The molecule has 2 heterocycles. The van der Waals surface area contributed by atoms with Crippen molar-refractivity contribution < 1.29 is 14.6 Å². The maximum absolute atomic E-state index is 10.1. The van der Waals surface area contributed by atoms with E-state index in [9.17, 15) is 5.11 Å². The van der Waals surface area contributed by atoms with E-state index in [-0.39, 0.29) is 5.41 Å². The molecule has 2 aliphatic rings. The lowest BCUT2D eigenvalue weighted by Gasteiger charge is -2.53. The molecule has 1 aromatic rings. The first-order valence-electron chi connectivity index (χ1n) is 10.5. The van der Waals surface area contributed by atoms with Gasteiger partial charge in [0.2, 0.25) is 0 Å². The molecule has 5 heteroatoms. The van der Waals surface area contributed by atoms with Crippen molar-refractivity contribution >= 4 is 0 Å². The molecule has 0 unspecified atom stereocenters. The van der Waals surface area contributed by atoms with E-state index < -0.39 is 0 Å². The molecule has 0 amide bonds. The van der Waals surface area contributed by atoms with Crippen molar-refractivity contribution in [2.24, 2.45) is 5.41 Å². The number of rotatable bonds is 8. The van der Waals surface area contributed by atoms with Crippen molar-refractivity contribution in [1.82, 2.24) is 9.80 Å². The summed E-state index contributed by atoms with van der Waals surface area (Å²) in [5.41, 5.74) is 1.28. The summed E-state index contributed by atoms with van der Waals surface area (Å²) in [4.78, 5) is 4.97. The van der Waals surface area contributed by atoms with E-state index in [2.05, 4.69) is 35.9 Å². The molecule has 0 bridgehead atoms. The van der Waals surface area contributed by atoms with Gasteiger partial charge in [0.1, 0.15) is 0 Å². The van der Waals surface area contributed by atoms with Crippen LogP contribution in [0.4, 0.5) is 0 Å². The normalized spacial score (nSPS) is 26.6. The molecule has 152 valence electrons. The number of hydrogen-bond donors (Lipinski definition) is 1. The lowest BCUT2D eigenvalue weighted by molar-refractivity contribution is -0.0685. The molecule has 2 aliphatic heterocycles. The molecule has 2 saturated heterocycles. The quantitative estimate of drug-likeness (QED) is 0.706. The summed E-state index contributed by atoms with van der Waals surface area (Å²) in [5, 5.41) is 10.1. The first-order chi connectivity index (χ1) is 13.1. The van der Waals surface area contributed by atoms with Crippen LogP contribution in [0.25, 0.3) is 0 Å². The zero-order valence-corrected chi connectivity index (χ0v) is 17.2. The van der Waals surface area contributed by atoms with E-state index in [1.807, 2.05) is 6.07 Å². The fourth-order valence-electron chi connectivity index (χ4n) is 4.79. The molecule has 0 aromatic heterocycles. The topological polar surface area (TPSA) is 45.2 Å². The number of nitrogens with zero attached hydrogens (tertiary/aromatic N) is 2. The van der Waals surface area contributed by atoms with Crippen molar-refractivity contribution in [1.29, 1.82) is 0 Å². The van der Waals surface area contributed by atoms with E-state index >= 15 is 0 Å². The van der Waals surface area contributed by atoms with Crippen molar-refractivity contribution in [3.05, 3.63) is 23.8 Å². The number of benzene rings is 1. The van der Waals surface area contributed by atoms with Gasteiger partial charge >= 0.3 is 0 Å². The maximum atomic E-state index is 10.1. The number of para-hydroxylation sites is 1. The van der Waals surface area contributed by atoms with Gasteiger partial charge < -0.3 is 19.5 Å². The molecule has 2 fully saturated rings. The third-order valence-electron chi connectivity index (χ3n) is 6.51. The molecule has 5 nitrogen and oxygen atoms in total. The lowest BCUT2D eigenvalue weighted by atomic mass is 9.69. The van der Waals surface area contributed by atoms with E-state index in [0.717, 1.165) is 70.0 Å². The van der Waals surface area contributed by atoms with Crippen LogP contribution in [0.15, 0.2) is 18.2 Å². The standard InChI is InChI=1S/C22H36N2O3/c1-4-5-14-27-21-18(8-6-9-19(21)26-3)15-24-13-11-22(17-25)10-7-12-23(2)20(22)16-24/h6,8-9,20,25H,4-5,7,10-17H2,1-3H3/t20-,22-/m1/s1. The SMILES string of the molecule is CCCCOc1c(CN2CC[C@@]3(CO)CCCN(C)[C@@H]3C2)cccc1OC. The van der Waals surface area contributed by atoms with E-state index in [1.54, 1.807) is 7.11 Å². The minimum absolute atomic E-state index is 0.0817. The second kappa shape index (κ2) is 9.26. The van der Waals surface area contributed by atoms with E-state index in [0.29, 0.717) is 12.6 Å². The summed E-state index contributed by atoms with van der Waals surface area (Å²) in [6.45, 7) is 7.23. The van der Waals surface area contributed by atoms with Gasteiger partial charge in [-0.1, -0.05) is 25.5 Å². The van der Waals surface area contributed by atoms with Gasteiger partial charge in [-0.2, -0.15) is 0 Å². The molecule has 3 rings (SSSR count). The summed E-state index contributed by atoms with van der Waals surface area (Å²) in [5.74, 6) is 1.71. The summed E-state index contributed by atoms with van der Waals surface area (Å²) in [6.07, 6.45) is 5.57. The van der Waals surface area contributed by atoms with E-state index in [4.69, 9.17) is 9.47 Å². The van der Waals surface area contributed by atoms with Gasteiger partial charge in [-0.25, -0.2) is 0 Å². The monoisotopic (exact) mass is 376 g/mol. The highest BCUT2D eigenvalue weighted by atomic mass is 16.5. The van der Waals surface area contributed by atoms with Crippen LogP contribution in [0.5, 0.6) is 11.5 Å². The molecular weight excluding hydrogens is 340 g/mol. The Labute approximate surface area is 164 Å². The number of piperidine rings is 2. The van der Waals surface area contributed by atoms with Crippen LogP contribution in [-0.4, -0.2) is 68.0 Å². The Bertz CT molecular complexity index is 609. The largest absolute Gasteiger partial charge is 0.493 e. The Morgan fingerprint density at radius 3 is 2.85 bits per heavy atom. The van der Waals surface area contributed by atoms with Crippen molar-refractivity contribution in [3.8, 4) is 11.5 Å². The number of hydrogen-bond acceptors (Lipinski definition) is 5. The highest BCUT2D eigenvalue weighted by molar-refractivity contribution is 5.46. The average Bonchev–Trinajstić information content (AvgIpc) is 2.69. The van der Waals surface area contributed by atoms with Crippen LogP contribution < -0.4 is 9.47 Å². The van der Waals surface area contributed by atoms with Gasteiger partial charge in [0.15, 0.2) is 11.5 Å². The maximum Gasteiger partial charge on any atom is 0.165 e. The fourth-order valence-corrected chi connectivity index (χ4v) is 4.79. The summed E-state index contributed by atoms with van der Waals surface area (Å²) >= 11 is 0. The highest BCUT2D eigenvalue weighted by Gasteiger charge is 2.46. The molecule has 2 atom stereocenters. The zero-order chi connectivity index (χ0) is 19.3. The van der Waals surface area contributed by atoms with Crippen LogP contribution >= 0.6 is 0 Å². The number of aliphatic hydroxyl groups excluding tert-OH is 1. The van der Waals surface area contributed by atoms with Crippen LogP contribution in [0.3, 0.4) is 0 Å². The Kier molecular flexibility index (Phi) is 7.01. The van der Waals surface area contributed by atoms with Crippen LogP contribution in [0, 0.1) is 5.41 Å². The first-order valence-corrected chi connectivity index (χ1v) is 10.5. The fraction of sp³-hybridized carbons (Fsp3) is 0.727. The Hall–Kier alpha value is -1.30. The second-order valence-corrected chi connectivity index (χ2v) is 8.26. The van der Waals surface area contributed by atoms with Crippen molar-refractivity contribution in [2.45, 2.75) is 51.6 Å². The minimum atomic E-state index is 0.0817. The Morgan fingerprint density at radius 1 is 1.26 bits per heavy atom. The number of unbranched alkanes of at least 4 members (excludes halogenated alkanes) is 1. The molecular formula is C22H36N2O3. The van der Waals surface area contributed by atoms with Crippen LogP contribution in [-0.2, 0) is 6.54 Å². The minimum Gasteiger partial charge on any atom is -0.493 e. The second-order valence-electron chi connectivity index (χ2n) is 8.26. The number of likely N-dealkylation sites (N-methyl/N-ethyl adjacent to an activating group) is 1. The van der Waals surface area contributed by atoms with Crippen LogP contribution in [0.2, 0.25) is 0 Å². The summed E-state index contributed by atoms with van der Waals surface area (Å²) < 4.78 is 11.7. The number of methoxy groups -OCH3 is 1. The van der Waals surface area contributed by atoms with E-state index in [1.165, 1.54) is 12.0 Å². The average molecular weight is 377 g/mol. The Morgan fingerprint density at radius 2 is 2.11 bits per heavy atom. The predicted molar refractivity (Wildman–Crippen MR) is 108 cm³/mol. The van der Waals surface area contributed by atoms with Gasteiger partial charge in [-0.15, -0.1) is 0 Å². The van der Waals surface area contributed by atoms with Crippen molar-refractivity contribution in [3.63, 3.8) is 0 Å². The molecule has 27 heavy (non-hydrogen) atoms. The number of fused-ring (bicyclic) bond motifs is 1. The summed E-state index contributed by atoms with van der Waals surface area (Å²) in [7, 11) is 3.92. The highest BCUT2D eigenvalue weighted by Crippen LogP contribution is 2.42. The van der Waals surface area contributed by atoms with Gasteiger partial charge in [0, 0.05) is 30.1 Å². The number of ether oxygens (including phenoxy) is 2. The van der Waals surface area contributed by atoms with Gasteiger partial charge in [0.05, 0.1) is 20.3 Å². The number of likely N-dealkylation sites (tertiary alicyclic amines) is 2. The molecule has 1 N–H and O–H groups in total. The Balaban J connectivity index is 1.74. The van der Waals surface area contributed by atoms with Gasteiger partial charge in [-0.05, 0) is 51.9 Å². The predicted octanol–water partition coefficient (Wildman–Crippen LogP) is 3.15. The first kappa shape index (κ1) is 20.4. The molecule has 0 saturated carbocycles. The van der Waals surface area contributed by atoms with Gasteiger partial charge in [0.25, 0.3) is 0 Å². The lowest BCUT2D eigenvalue weighted by Crippen LogP contribution is -2.61. The molecule has 0 spiro atoms. The summed E-state index contributed by atoms with van der Waals surface area (Å²) in [6, 6.07) is 6.62. The third-order valence-corrected chi connectivity index (χ3v) is 6.51.